The Kier molecular flexibility index (Phi) is 5.58. The van der Waals surface area contributed by atoms with E-state index in [0.29, 0.717) is 12.5 Å². The number of hydrogen-bond donors (Lipinski definition) is 2. The molecule has 0 aliphatic carbocycles. The van der Waals surface area contributed by atoms with E-state index < -0.39 is 10.0 Å². The number of hydrogen-bond acceptors (Lipinski definition) is 4. The van der Waals surface area contributed by atoms with Crippen LogP contribution in [0.5, 0.6) is 0 Å². The second kappa shape index (κ2) is 6.51. The van der Waals surface area contributed by atoms with Crippen LogP contribution in [-0.2, 0) is 17.1 Å². The standard InChI is InChI=1S/C10H18N4O2S.ClH/c1-14-8-10(7-12-14)17(15,16)13-6-9-3-2-4-11-5-9;/h7-9,11,13H,2-6H2,1H3;1H. The summed E-state index contributed by atoms with van der Waals surface area (Å²) in [5.41, 5.74) is 0. The monoisotopic (exact) mass is 294 g/mol. The predicted molar refractivity (Wildman–Crippen MR) is 71.2 cm³/mol. The zero-order valence-electron chi connectivity index (χ0n) is 10.3. The van der Waals surface area contributed by atoms with Crippen molar-refractivity contribution in [2.45, 2.75) is 17.7 Å². The van der Waals surface area contributed by atoms with Gasteiger partial charge in [-0.2, -0.15) is 5.10 Å². The van der Waals surface area contributed by atoms with Crippen molar-refractivity contribution in [2.24, 2.45) is 13.0 Å². The highest BCUT2D eigenvalue weighted by molar-refractivity contribution is 7.89. The van der Waals surface area contributed by atoms with Gasteiger partial charge in [0.25, 0.3) is 0 Å². The second-order valence-corrected chi connectivity index (χ2v) is 6.18. The molecule has 0 bridgehead atoms. The molecule has 1 atom stereocenters. The van der Waals surface area contributed by atoms with Gasteiger partial charge in [-0.05, 0) is 31.8 Å². The van der Waals surface area contributed by atoms with Crippen molar-refractivity contribution in [3.05, 3.63) is 12.4 Å². The fraction of sp³-hybridized carbons (Fsp3) is 0.700. The molecule has 1 unspecified atom stereocenters. The maximum Gasteiger partial charge on any atom is 0.243 e. The highest BCUT2D eigenvalue weighted by atomic mass is 35.5. The number of aryl methyl sites for hydroxylation is 1. The third-order valence-electron chi connectivity index (χ3n) is 2.95. The first kappa shape index (κ1) is 15.4. The van der Waals surface area contributed by atoms with Gasteiger partial charge in [-0.25, -0.2) is 13.1 Å². The van der Waals surface area contributed by atoms with Crippen molar-refractivity contribution in [3.8, 4) is 0 Å². The molecule has 1 saturated heterocycles. The Balaban J connectivity index is 0.00000162. The van der Waals surface area contributed by atoms with E-state index >= 15 is 0 Å². The zero-order valence-corrected chi connectivity index (χ0v) is 11.9. The molecule has 1 aliphatic rings. The minimum absolute atomic E-state index is 0. The zero-order chi connectivity index (χ0) is 12.3. The summed E-state index contributed by atoms with van der Waals surface area (Å²) in [7, 11) is -1.70. The van der Waals surface area contributed by atoms with Crippen LogP contribution in [0.4, 0.5) is 0 Å². The van der Waals surface area contributed by atoms with Crippen LogP contribution in [0.25, 0.3) is 0 Å². The average molecular weight is 295 g/mol. The molecule has 1 aliphatic heterocycles. The molecule has 2 N–H and O–H groups in total. The third-order valence-corrected chi connectivity index (χ3v) is 4.33. The fourth-order valence-corrected chi connectivity index (χ4v) is 3.05. The fourth-order valence-electron chi connectivity index (χ4n) is 1.95. The molecular weight excluding hydrogens is 276 g/mol. The highest BCUT2D eigenvalue weighted by Gasteiger charge is 2.19. The maximum absolute atomic E-state index is 11.9. The summed E-state index contributed by atoms with van der Waals surface area (Å²) in [4.78, 5) is 0.226. The summed E-state index contributed by atoms with van der Waals surface area (Å²) >= 11 is 0. The summed E-state index contributed by atoms with van der Waals surface area (Å²) in [6.45, 7) is 2.41. The van der Waals surface area contributed by atoms with Gasteiger partial charge < -0.3 is 5.32 Å². The number of piperidine rings is 1. The number of halogens is 1. The second-order valence-electron chi connectivity index (χ2n) is 4.41. The van der Waals surface area contributed by atoms with Gasteiger partial charge in [-0.3, -0.25) is 4.68 Å². The van der Waals surface area contributed by atoms with Crippen LogP contribution in [-0.4, -0.2) is 37.8 Å². The van der Waals surface area contributed by atoms with E-state index in [4.69, 9.17) is 0 Å². The number of aromatic nitrogens is 2. The van der Waals surface area contributed by atoms with Gasteiger partial charge in [0.1, 0.15) is 4.90 Å². The van der Waals surface area contributed by atoms with E-state index in [1.165, 1.54) is 17.1 Å². The Bertz CT molecular complexity index is 468. The average Bonchev–Trinajstić information content (AvgIpc) is 2.76. The van der Waals surface area contributed by atoms with E-state index in [1.807, 2.05) is 0 Å². The molecule has 2 heterocycles. The van der Waals surface area contributed by atoms with Crippen LogP contribution in [0.15, 0.2) is 17.3 Å². The van der Waals surface area contributed by atoms with Crippen LogP contribution in [0.3, 0.4) is 0 Å². The van der Waals surface area contributed by atoms with Crippen molar-refractivity contribution in [1.82, 2.24) is 19.8 Å². The Labute approximate surface area is 114 Å². The Hall–Kier alpha value is -0.630. The van der Waals surface area contributed by atoms with Crippen molar-refractivity contribution >= 4 is 22.4 Å². The summed E-state index contributed by atoms with van der Waals surface area (Å²) in [6.07, 6.45) is 5.05. The minimum atomic E-state index is -3.40. The summed E-state index contributed by atoms with van der Waals surface area (Å²) < 4.78 is 27.9. The molecule has 104 valence electrons. The van der Waals surface area contributed by atoms with E-state index in [0.717, 1.165) is 25.9 Å². The lowest BCUT2D eigenvalue weighted by Crippen LogP contribution is -2.38. The lowest BCUT2D eigenvalue weighted by molar-refractivity contribution is 0.376. The molecule has 0 aromatic carbocycles. The van der Waals surface area contributed by atoms with Crippen LogP contribution in [0.2, 0.25) is 0 Å². The molecule has 1 fully saturated rings. The largest absolute Gasteiger partial charge is 0.316 e. The first-order chi connectivity index (χ1) is 8.08. The number of rotatable bonds is 4. The van der Waals surface area contributed by atoms with Gasteiger partial charge in [-0.15, -0.1) is 12.4 Å². The van der Waals surface area contributed by atoms with Crippen LogP contribution >= 0.6 is 12.4 Å². The normalized spacial score (nSPS) is 20.4. The molecule has 1 aromatic heterocycles. The molecular formula is C10H19ClN4O2S. The van der Waals surface area contributed by atoms with Gasteiger partial charge in [0, 0.05) is 19.8 Å². The summed E-state index contributed by atoms with van der Waals surface area (Å²) in [6, 6.07) is 0. The quantitative estimate of drug-likeness (QED) is 0.827. The molecule has 0 amide bonds. The van der Waals surface area contributed by atoms with E-state index in [-0.39, 0.29) is 17.3 Å². The van der Waals surface area contributed by atoms with Crippen molar-refractivity contribution in [2.75, 3.05) is 19.6 Å². The lowest BCUT2D eigenvalue weighted by Gasteiger charge is -2.22. The van der Waals surface area contributed by atoms with Gasteiger partial charge in [0.05, 0.1) is 6.20 Å². The first-order valence-corrected chi connectivity index (χ1v) is 7.25. The first-order valence-electron chi connectivity index (χ1n) is 5.77. The van der Waals surface area contributed by atoms with E-state index in [1.54, 1.807) is 7.05 Å². The number of nitrogens with zero attached hydrogens (tertiary/aromatic N) is 2. The SMILES string of the molecule is Cl.Cn1cc(S(=O)(=O)NCC2CCCNC2)cn1. The van der Waals surface area contributed by atoms with E-state index in [9.17, 15) is 8.42 Å². The maximum atomic E-state index is 11.9. The summed E-state index contributed by atoms with van der Waals surface area (Å²) in [5, 5.41) is 7.13. The molecule has 18 heavy (non-hydrogen) atoms. The molecule has 0 radical (unpaired) electrons. The molecule has 0 spiro atoms. The van der Waals surface area contributed by atoms with Gasteiger partial charge >= 0.3 is 0 Å². The predicted octanol–water partition coefficient (Wildman–Crippen LogP) is 0.120. The third kappa shape index (κ3) is 3.94. The van der Waals surface area contributed by atoms with Crippen LogP contribution in [0, 0.1) is 5.92 Å². The Morgan fingerprint density at radius 2 is 2.39 bits per heavy atom. The van der Waals surface area contributed by atoms with Crippen molar-refractivity contribution in [1.29, 1.82) is 0 Å². The topological polar surface area (TPSA) is 76.0 Å². The molecule has 2 rings (SSSR count). The van der Waals surface area contributed by atoms with Crippen LogP contribution in [0.1, 0.15) is 12.8 Å². The number of nitrogens with one attached hydrogen (secondary N) is 2. The Morgan fingerprint density at radius 1 is 1.61 bits per heavy atom. The van der Waals surface area contributed by atoms with Crippen LogP contribution < -0.4 is 10.0 Å². The smallest absolute Gasteiger partial charge is 0.243 e. The summed E-state index contributed by atoms with van der Waals surface area (Å²) in [5.74, 6) is 0.384. The van der Waals surface area contributed by atoms with Gasteiger partial charge in [-0.1, -0.05) is 0 Å². The van der Waals surface area contributed by atoms with Crippen molar-refractivity contribution in [3.63, 3.8) is 0 Å². The number of sulfonamides is 1. The molecule has 0 saturated carbocycles. The highest BCUT2D eigenvalue weighted by Crippen LogP contribution is 2.11. The van der Waals surface area contributed by atoms with Gasteiger partial charge in [0.2, 0.25) is 10.0 Å². The minimum Gasteiger partial charge on any atom is -0.316 e. The molecule has 1 aromatic rings. The Morgan fingerprint density at radius 3 is 2.94 bits per heavy atom. The lowest BCUT2D eigenvalue weighted by atomic mass is 10.0. The van der Waals surface area contributed by atoms with E-state index in [2.05, 4.69) is 15.1 Å². The van der Waals surface area contributed by atoms with Gasteiger partial charge in [0.15, 0.2) is 0 Å². The molecule has 6 nitrogen and oxygen atoms in total. The molecule has 8 heteroatoms. The van der Waals surface area contributed by atoms with Crippen molar-refractivity contribution < 1.29 is 8.42 Å².